The zero-order valence-corrected chi connectivity index (χ0v) is 18.3. The van der Waals surface area contributed by atoms with Gasteiger partial charge in [0.15, 0.2) is 0 Å². The third-order valence-electron chi connectivity index (χ3n) is 7.32. The molecule has 3 fully saturated rings. The Labute approximate surface area is 183 Å². The van der Waals surface area contributed by atoms with Crippen molar-refractivity contribution >= 4 is 6.29 Å². The topological polar surface area (TPSA) is 71.7 Å². The summed E-state index contributed by atoms with van der Waals surface area (Å²) >= 11 is 0. The molecule has 2 aromatic rings. The van der Waals surface area contributed by atoms with Crippen LogP contribution in [0.4, 0.5) is 0 Å². The van der Waals surface area contributed by atoms with Crippen LogP contribution in [0.25, 0.3) is 11.4 Å². The standard InChI is InChI=1S/C24H32N4O3/c1-17-25-24(26-31-17)19-6-8-21(9-7-19)30-23-10-5-18(16-29)15-22(23)28-13-11-27(12-14-28)20-3-2-4-20/h6-9,16,18,20,22-23H,2-5,10-15H2,1H3. The number of rotatable bonds is 6. The molecule has 0 N–H and O–H groups in total. The molecule has 0 amide bonds. The number of piperazine rings is 1. The molecule has 1 aromatic heterocycles. The van der Waals surface area contributed by atoms with Crippen LogP contribution >= 0.6 is 0 Å². The molecule has 1 aliphatic heterocycles. The number of benzene rings is 1. The third-order valence-corrected chi connectivity index (χ3v) is 7.32. The summed E-state index contributed by atoms with van der Waals surface area (Å²) in [6.07, 6.45) is 8.10. The van der Waals surface area contributed by atoms with E-state index in [2.05, 4.69) is 19.9 Å². The minimum absolute atomic E-state index is 0.115. The van der Waals surface area contributed by atoms with Crippen molar-refractivity contribution in [1.29, 1.82) is 0 Å². The fourth-order valence-electron chi connectivity index (χ4n) is 5.26. The lowest BCUT2D eigenvalue weighted by Crippen LogP contribution is -2.58. The normalized spacial score (nSPS) is 28.2. The first kappa shape index (κ1) is 20.6. The molecule has 3 aliphatic rings. The van der Waals surface area contributed by atoms with Crippen LogP contribution in [0.1, 0.15) is 44.4 Å². The smallest absolute Gasteiger partial charge is 0.223 e. The van der Waals surface area contributed by atoms with Crippen LogP contribution in [0.15, 0.2) is 28.8 Å². The first-order chi connectivity index (χ1) is 15.2. The zero-order valence-electron chi connectivity index (χ0n) is 18.3. The molecule has 3 atom stereocenters. The third kappa shape index (κ3) is 4.53. The van der Waals surface area contributed by atoms with Crippen LogP contribution in [0, 0.1) is 12.8 Å². The van der Waals surface area contributed by atoms with Gasteiger partial charge in [0.05, 0.1) is 0 Å². The van der Waals surface area contributed by atoms with Crippen molar-refractivity contribution < 1.29 is 14.1 Å². The SMILES string of the molecule is Cc1nc(-c2ccc(OC3CCC(C=O)CC3N3CCN(C4CCC4)CC3)cc2)no1. The van der Waals surface area contributed by atoms with Crippen LogP contribution in [0.3, 0.4) is 0 Å². The van der Waals surface area contributed by atoms with E-state index in [-0.39, 0.29) is 12.0 Å². The van der Waals surface area contributed by atoms with E-state index in [0.717, 1.165) is 69.1 Å². The lowest BCUT2D eigenvalue weighted by Gasteiger charge is -2.48. The maximum atomic E-state index is 11.5. The van der Waals surface area contributed by atoms with Crippen LogP contribution in [0.5, 0.6) is 5.75 Å². The lowest BCUT2D eigenvalue weighted by atomic mass is 9.83. The predicted molar refractivity (Wildman–Crippen MR) is 117 cm³/mol. The molecule has 0 bridgehead atoms. The van der Waals surface area contributed by atoms with Crippen LogP contribution in [0.2, 0.25) is 0 Å². The van der Waals surface area contributed by atoms with Gasteiger partial charge in [0, 0.05) is 56.7 Å². The van der Waals surface area contributed by atoms with Gasteiger partial charge in [-0.15, -0.1) is 0 Å². The zero-order chi connectivity index (χ0) is 21.2. The number of carbonyl (C=O) groups excluding carboxylic acids is 1. The first-order valence-electron chi connectivity index (χ1n) is 11.7. The van der Waals surface area contributed by atoms with Crippen molar-refractivity contribution in [3.63, 3.8) is 0 Å². The molecule has 1 saturated heterocycles. The average Bonchev–Trinajstić information content (AvgIpc) is 3.20. The van der Waals surface area contributed by atoms with E-state index in [1.165, 1.54) is 19.3 Å². The van der Waals surface area contributed by atoms with Crippen molar-refractivity contribution in [3.8, 4) is 17.1 Å². The van der Waals surface area contributed by atoms with Gasteiger partial charge in [-0.1, -0.05) is 11.6 Å². The summed E-state index contributed by atoms with van der Waals surface area (Å²) in [6.45, 7) is 6.21. The van der Waals surface area contributed by atoms with E-state index < -0.39 is 0 Å². The Morgan fingerprint density at radius 2 is 1.77 bits per heavy atom. The average molecular weight is 425 g/mol. The highest BCUT2D eigenvalue weighted by Crippen LogP contribution is 2.33. The molecule has 2 aliphatic carbocycles. The van der Waals surface area contributed by atoms with Gasteiger partial charge >= 0.3 is 0 Å². The number of hydrogen-bond donors (Lipinski definition) is 0. The first-order valence-corrected chi connectivity index (χ1v) is 11.7. The van der Waals surface area contributed by atoms with Gasteiger partial charge in [0.2, 0.25) is 11.7 Å². The minimum Gasteiger partial charge on any atom is -0.489 e. The van der Waals surface area contributed by atoms with Crippen molar-refractivity contribution in [3.05, 3.63) is 30.2 Å². The predicted octanol–water partition coefficient (Wildman–Crippen LogP) is 3.33. The summed E-state index contributed by atoms with van der Waals surface area (Å²) in [5.41, 5.74) is 0.914. The van der Waals surface area contributed by atoms with E-state index in [9.17, 15) is 4.79 Å². The van der Waals surface area contributed by atoms with E-state index in [1.54, 1.807) is 6.92 Å². The van der Waals surface area contributed by atoms with E-state index in [0.29, 0.717) is 17.8 Å². The number of aromatic nitrogens is 2. The number of nitrogens with zero attached hydrogens (tertiary/aromatic N) is 4. The van der Waals surface area contributed by atoms with Crippen molar-refractivity contribution in [2.45, 2.75) is 63.6 Å². The number of aldehydes is 1. The van der Waals surface area contributed by atoms with Gasteiger partial charge in [-0.3, -0.25) is 9.80 Å². The maximum Gasteiger partial charge on any atom is 0.223 e. The molecular weight excluding hydrogens is 392 g/mol. The van der Waals surface area contributed by atoms with Crippen LogP contribution in [-0.2, 0) is 4.79 Å². The van der Waals surface area contributed by atoms with E-state index in [1.807, 2.05) is 24.3 Å². The molecule has 166 valence electrons. The fourth-order valence-corrected chi connectivity index (χ4v) is 5.26. The highest BCUT2D eigenvalue weighted by Gasteiger charge is 2.38. The molecule has 7 heteroatoms. The van der Waals surface area contributed by atoms with Crippen molar-refractivity contribution in [1.82, 2.24) is 19.9 Å². The number of hydrogen-bond acceptors (Lipinski definition) is 7. The Hall–Kier alpha value is -2.25. The molecule has 2 heterocycles. The summed E-state index contributed by atoms with van der Waals surface area (Å²) < 4.78 is 11.6. The van der Waals surface area contributed by atoms with Gasteiger partial charge in [0.25, 0.3) is 0 Å². The fraction of sp³-hybridized carbons (Fsp3) is 0.625. The molecule has 5 rings (SSSR count). The summed E-state index contributed by atoms with van der Waals surface area (Å²) in [6, 6.07) is 9.03. The highest BCUT2D eigenvalue weighted by atomic mass is 16.5. The Morgan fingerprint density at radius 3 is 2.39 bits per heavy atom. The maximum absolute atomic E-state index is 11.5. The molecule has 2 saturated carbocycles. The second kappa shape index (κ2) is 9.09. The summed E-state index contributed by atoms with van der Waals surface area (Å²) in [5, 5.41) is 3.98. The monoisotopic (exact) mass is 424 g/mol. The van der Waals surface area contributed by atoms with E-state index in [4.69, 9.17) is 9.26 Å². The Kier molecular flexibility index (Phi) is 6.05. The molecule has 0 radical (unpaired) electrons. The van der Waals surface area contributed by atoms with Crippen molar-refractivity contribution in [2.75, 3.05) is 26.2 Å². The van der Waals surface area contributed by atoms with Crippen LogP contribution < -0.4 is 4.74 Å². The molecule has 31 heavy (non-hydrogen) atoms. The van der Waals surface area contributed by atoms with Crippen LogP contribution in [-0.4, -0.2) is 70.6 Å². The molecule has 3 unspecified atom stereocenters. The van der Waals surface area contributed by atoms with Gasteiger partial charge < -0.3 is 14.1 Å². The highest BCUT2D eigenvalue weighted by molar-refractivity contribution is 5.55. The Bertz CT molecular complexity index is 871. The largest absolute Gasteiger partial charge is 0.489 e. The van der Waals surface area contributed by atoms with Gasteiger partial charge in [-0.05, 0) is 56.4 Å². The number of ether oxygens (including phenoxy) is 1. The Morgan fingerprint density at radius 1 is 1.03 bits per heavy atom. The van der Waals surface area contributed by atoms with Crippen molar-refractivity contribution in [2.24, 2.45) is 5.92 Å². The molecule has 1 aromatic carbocycles. The number of carbonyl (C=O) groups is 1. The number of aryl methyl sites for hydroxylation is 1. The quantitative estimate of drug-likeness (QED) is 0.659. The second-order valence-electron chi connectivity index (χ2n) is 9.25. The summed E-state index contributed by atoms with van der Waals surface area (Å²) in [7, 11) is 0. The van der Waals surface area contributed by atoms with E-state index >= 15 is 0 Å². The summed E-state index contributed by atoms with van der Waals surface area (Å²) in [5.74, 6) is 2.16. The van der Waals surface area contributed by atoms with Gasteiger partial charge in [0.1, 0.15) is 18.1 Å². The molecule has 0 spiro atoms. The molecule has 7 nitrogen and oxygen atoms in total. The summed E-state index contributed by atoms with van der Waals surface area (Å²) in [4.78, 5) is 21.0. The van der Waals surface area contributed by atoms with Gasteiger partial charge in [-0.2, -0.15) is 4.98 Å². The minimum atomic E-state index is 0.115. The second-order valence-corrected chi connectivity index (χ2v) is 9.25. The Balaban J connectivity index is 1.24. The lowest BCUT2D eigenvalue weighted by molar-refractivity contribution is -0.114. The van der Waals surface area contributed by atoms with Gasteiger partial charge in [-0.25, -0.2) is 0 Å². The molecular formula is C24H32N4O3.